The second-order valence-corrected chi connectivity index (χ2v) is 6.40. The van der Waals surface area contributed by atoms with E-state index >= 15 is 0 Å². The molecular formula is C9H16N2O2S2. The van der Waals surface area contributed by atoms with Gasteiger partial charge in [-0.3, -0.25) is 0 Å². The summed E-state index contributed by atoms with van der Waals surface area (Å²) in [7, 11) is -0.200. The Balaban J connectivity index is 3.00. The molecule has 1 aromatic heterocycles. The molecule has 4 nitrogen and oxygen atoms in total. The number of thiophene rings is 1. The van der Waals surface area contributed by atoms with Crippen LogP contribution >= 0.6 is 11.3 Å². The highest BCUT2D eigenvalue weighted by molar-refractivity contribution is 7.89. The summed E-state index contributed by atoms with van der Waals surface area (Å²) in [6, 6.07) is 1.66. The van der Waals surface area contributed by atoms with Crippen molar-refractivity contribution in [3.8, 4) is 0 Å². The minimum Gasteiger partial charge on any atom is -0.312 e. The summed E-state index contributed by atoms with van der Waals surface area (Å²) in [5.74, 6) is 0. The van der Waals surface area contributed by atoms with Gasteiger partial charge in [0.2, 0.25) is 10.0 Å². The number of nitrogens with zero attached hydrogens (tertiary/aromatic N) is 1. The molecule has 1 aromatic rings. The minimum absolute atomic E-state index is 0.415. The molecule has 0 fully saturated rings. The standard InChI is InChI=1S/C9H16N2O2S2/c1-4-10-7-8-9(5-6-14-8)15(12,13)11(2)3/h5-6,10H,4,7H2,1-3H3. The summed E-state index contributed by atoms with van der Waals surface area (Å²) in [5.41, 5.74) is 0. The fourth-order valence-electron chi connectivity index (χ4n) is 1.12. The van der Waals surface area contributed by atoms with Crippen LogP contribution in [0.2, 0.25) is 0 Å². The molecule has 0 saturated heterocycles. The molecule has 0 spiro atoms. The summed E-state index contributed by atoms with van der Waals surface area (Å²) < 4.78 is 25.0. The molecular weight excluding hydrogens is 232 g/mol. The van der Waals surface area contributed by atoms with E-state index < -0.39 is 10.0 Å². The number of hydrogen-bond acceptors (Lipinski definition) is 4. The van der Waals surface area contributed by atoms with Crippen molar-refractivity contribution in [2.24, 2.45) is 0 Å². The smallest absolute Gasteiger partial charge is 0.243 e. The average molecular weight is 248 g/mol. The van der Waals surface area contributed by atoms with E-state index in [1.54, 1.807) is 20.2 Å². The molecule has 0 atom stereocenters. The Bertz CT molecular complexity index is 410. The molecule has 0 aromatic carbocycles. The van der Waals surface area contributed by atoms with Gasteiger partial charge in [0.05, 0.1) is 4.90 Å². The number of rotatable bonds is 5. The van der Waals surface area contributed by atoms with Crippen molar-refractivity contribution in [2.75, 3.05) is 20.6 Å². The van der Waals surface area contributed by atoms with Crippen molar-refractivity contribution in [3.63, 3.8) is 0 Å². The van der Waals surface area contributed by atoms with Gasteiger partial charge in [-0.25, -0.2) is 12.7 Å². The van der Waals surface area contributed by atoms with E-state index in [2.05, 4.69) is 5.32 Å². The lowest BCUT2D eigenvalue weighted by atomic mass is 10.4. The Hall–Kier alpha value is -0.430. The molecule has 0 bridgehead atoms. The van der Waals surface area contributed by atoms with Gasteiger partial charge in [-0.05, 0) is 18.0 Å². The van der Waals surface area contributed by atoms with Crippen molar-refractivity contribution >= 4 is 21.4 Å². The summed E-state index contributed by atoms with van der Waals surface area (Å²) in [6.07, 6.45) is 0. The van der Waals surface area contributed by atoms with E-state index in [1.807, 2.05) is 12.3 Å². The van der Waals surface area contributed by atoms with Crippen LogP contribution in [0, 0.1) is 0 Å². The van der Waals surface area contributed by atoms with Crippen LogP contribution in [0.15, 0.2) is 16.3 Å². The first-order chi connectivity index (χ1) is 7.00. The summed E-state index contributed by atoms with van der Waals surface area (Å²) in [6.45, 7) is 3.43. The lowest BCUT2D eigenvalue weighted by molar-refractivity contribution is 0.519. The van der Waals surface area contributed by atoms with Crippen molar-refractivity contribution in [1.82, 2.24) is 9.62 Å². The maximum atomic E-state index is 11.9. The third-order valence-corrected chi connectivity index (χ3v) is 4.95. The molecule has 0 unspecified atom stereocenters. The highest BCUT2D eigenvalue weighted by atomic mass is 32.2. The zero-order valence-electron chi connectivity index (χ0n) is 9.15. The van der Waals surface area contributed by atoms with Crippen LogP contribution in [0.25, 0.3) is 0 Å². The van der Waals surface area contributed by atoms with E-state index in [1.165, 1.54) is 15.6 Å². The monoisotopic (exact) mass is 248 g/mol. The van der Waals surface area contributed by atoms with E-state index in [-0.39, 0.29) is 0 Å². The summed E-state index contributed by atoms with van der Waals surface area (Å²) >= 11 is 1.47. The van der Waals surface area contributed by atoms with Gasteiger partial charge in [0.25, 0.3) is 0 Å². The molecule has 15 heavy (non-hydrogen) atoms. The fourth-order valence-corrected chi connectivity index (χ4v) is 3.40. The molecule has 1 N–H and O–H groups in total. The lowest BCUT2D eigenvalue weighted by Gasteiger charge is -2.11. The Kier molecular flexibility index (Phi) is 4.27. The van der Waals surface area contributed by atoms with Gasteiger partial charge in [0.1, 0.15) is 0 Å². The normalized spacial score (nSPS) is 12.3. The molecule has 0 aliphatic carbocycles. The first-order valence-corrected chi connectivity index (χ1v) is 7.01. The Morgan fingerprint density at radius 1 is 1.47 bits per heavy atom. The minimum atomic E-state index is -3.29. The molecule has 0 aliphatic rings. The van der Waals surface area contributed by atoms with Crippen LogP contribution in [0.4, 0.5) is 0 Å². The Morgan fingerprint density at radius 3 is 2.67 bits per heavy atom. The molecule has 6 heteroatoms. The van der Waals surface area contributed by atoms with Crippen molar-refractivity contribution < 1.29 is 8.42 Å². The predicted octanol–water partition coefficient (Wildman–Crippen LogP) is 1.11. The van der Waals surface area contributed by atoms with Crippen molar-refractivity contribution in [3.05, 3.63) is 16.3 Å². The Labute approximate surface area is 95.0 Å². The highest BCUT2D eigenvalue weighted by Crippen LogP contribution is 2.23. The first-order valence-electron chi connectivity index (χ1n) is 4.69. The van der Waals surface area contributed by atoms with Crippen LogP contribution in [-0.2, 0) is 16.6 Å². The zero-order valence-corrected chi connectivity index (χ0v) is 10.8. The molecule has 1 rings (SSSR count). The summed E-state index contributed by atoms with van der Waals surface area (Å²) in [5, 5.41) is 4.94. The fraction of sp³-hybridized carbons (Fsp3) is 0.556. The van der Waals surface area contributed by atoms with Crippen molar-refractivity contribution in [2.45, 2.75) is 18.4 Å². The number of hydrogen-bond donors (Lipinski definition) is 1. The zero-order chi connectivity index (χ0) is 11.5. The largest absolute Gasteiger partial charge is 0.312 e. The lowest BCUT2D eigenvalue weighted by Crippen LogP contribution is -2.23. The maximum Gasteiger partial charge on any atom is 0.243 e. The van der Waals surface area contributed by atoms with E-state index in [0.717, 1.165) is 11.4 Å². The van der Waals surface area contributed by atoms with Gasteiger partial charge in [-0.15, -0.1) is 11.3 Å². The van der Waals surface area contributed by atoms with Gasteiger partial charge in [-0.2, -0.15) is 0 Å². The van der Waals surface area contributed by atoms with Crippen LogP contribution in [0.5, 0.6) is 0 Å². The maximum absolute atomic E-state index is 11.9. The average Bonchev–Trinajstić information content (AvgIpc) is 2.62. The van der Waals surface area contributed by atoms with E-state index in [4.69, 9.17) is 0 Å². The predicted molar refractivity (Wildman–Crippen MR) is 62.6 cm³/mol. The molecule has 0 saturated carbocycles. The molecule has 1 heterocycles. The second-order valence-electron chi connectivity index (χ2n) is 3.28. The third kappa shape index (κ3) is 2.78. The van der Waals surface area contributed by atoms with Crippen molar-refractivity contribution in [1.29, 1.82) is 0 Å². The van der Waals surface area contributed by atoms with Gasteiger partial charge in [-0.1, -0.05) is 6.92 Å². The van der Waals surface area contributed by atoms with Gasteiger partial charge in [0, 0.05) is 25.5 Å². The highest BCUT2D eigenvalue weighted by Gasteiger charge is 2.21. The van der Waals surface area contributed by atoms with Crippen LogP contribution in [0.1, 0.15) is 11.8 Å². The van der Waals surface area contributed by atoms with Crippen LogP contribution < -0.4 is 5.32 Å². The third-order valence-electron chi connectivity index (χ3n) is 2.00. The van der Waals surface area contributed by atoms with Gasteiger partial charge >= 0.3 is 0 Å². The SMILES string of the molecule is CCNCc1sccc1S(=O)(=O)N(C)C. The van der Waals surface area contributed by atoms with Crippen LogP contribution in [0.3, 0.4) is 0 Å². The van der Waals surface area contributed by atoms with Gasteiger partial charge in [0.15, 0.2) is 0 Å². The molecule has 0 amide bonds. The van der Waals surface area contributed by atoms with Crippen LogP contribution in [-0.4, -0.2) is 33.4 Å². The quantitative estimate of drug-likeness (QED) is 0.849. The Morgan fingerprint density at radius 2 is 2.13 bits per heavy atom. The molecule has 0 aliphatic heterocycles. The second kappa shape index (κ2) is 5.07. The number of nitrogens with one attached hydrogen (secondary N) is 1. The molecule has 0 radical (unpaired) electrons. The molecule has 86 valence electrons. The van der Waals surface area contributed by atoms with E-state index in [9.17, 15) is 8.42 Å². The summed E-state index contributed by atoms with van der Waals surface area (Å²) in [4.78, 5) is 1.28. The van der Waals surface area contributed by atoms with E-state index in [0.29, 0.717) is 11.4 Å². The first kappa shape index (κ1) is 12.6. The topological polar surface area (TPSA) is 49.4 Å². The van der Waals surface area contributed by atoms with Gasteiger partial charge < -0.3 is 5.32 Å². The number of sulfonamides is 1.